The molecule has 0 N–H and O–H groups in total. The Kier molecular flexibility index (Phi) is 7.26. The Morgan fingerprint density at radius 1 is 0.816 bits per heavy atom. The Hall–Kier alpha value is -2.91. The fourth-order valence-corrected chi connectivity index (χ4v) is 7.46. The third kappa shape index (κ3) is 4.82. The van der Waals surface area contributed by atoms with E-state index in [1.165, 1.54) is 18.2 Å². The highest BCUT2D eigenvalue weighted by Crippen LogP contribution is 2.35. The van der Waals surface area contributed by atoms with E-state index in [-0.39, 0.29) is 27.0 Å². The lowest BCUT2D eigenvalue weighted by Gasteiger charge is -2.30. The summed E-state index contributed by atoms with van der Waals surface area (Å²) >= 11 is 12.4. The number of hydrogen-bond donors (Lipinski definition) is 0. The standard InChI is InChI=1S/C28H27Cl2N3O4S/c1-18-13-20-7-3-5-9-24(20)32(18)27(34)16-31(38(36,37)26-15-22(29)11-12-23(26)30)17-28(35)33-19(2)14-21-8-4-6-10-25(21)33/h3-12,15,18-19H,13-14,16-17H2,1-2H3/t18-,19+. The molecule has 2 aliphatic rings. The Balaban J connectivity index is 1.50. The second-order valence-corrected chi connectivity index (χ2v) is 12.5. The SMILES string of the molecule is C[C@@H]1Cc2ccccc2N1C(=O)CN(CC(=O)N1c2ccccc2C[C@@H]1C)S(=O)(=O)c1cc(Cl)ccc1Cl. The molecular formula is C28H27Cl2N3O4S. The second-order valence-electron chi connectivity index (χ2n) is 9.74. The van der Waals surface area contributed by atoms with Crippen molar-refractivity contribution >= 4 is 56.4 Å². The number of halogens is 2. The minimum absolute atomic E-state index is 0.0425. The van der Waals surface area contributed by atoms with Crippen molar-refractivity contribution in [2.75, 3.05) is 22.9 Å². The van der Waals surface area contributed by atoms with Crippen molar-refractivity contribution in [1.82, 2.24) is 4.31 Å². The lowest BCUT2D eigenvalue weighted by Crippen LogP contribution is -2.49. The monoisotopic (exact) mass is 571 g/mol. The van der Waals surface area contributed by atoms with E-state index >= 15 is 0 Å². The predicted octanol–water partition coefficient (Wildman–Crippen LogP) is 4.94. The second kappa shape index (κ2) is 10.3. The summed E-state index contributed by atoms with van der Waals surface area (Å²) in [6, 6.07) is 18.9. The molecule has 38 heavy (non-hydrogen) atoms. The summed E-state index contributed by atoms with van der Waals surface area (Å²) in [6.07, 6.45) is 1.32. The molecule has 7 nitrogen and oxygen atoms in total. The molecule has 0 saturated heterocycles. The average molecular weight is 573 g/mol. The van der Waals surface area contributed by atoms with Crippen LogP contribution in [0.5, 0.6) is 0 Å². The molecule has 0 unspecified atom stereocenters. The smallest absolute Gasteiger partial charge is 0.245 e. The Labute approximate surface area is 232 Å². The normalized spacial score (nSPS) is 18.6. The van der Waals surface area contributed by atoms with E-state index in [0.717, 1.165) is 26.8 Å². The number of carbonyl (C=O) groups is 2. The zero-order valence-corrected chi connectivity index (χ0v) is 23.3. The summed E-state index contributed by atoms with van der Waals surface area (Å²) in [5.74, 6) is -0.848. The van der Waals surface area contributed by atoms with Crippen LogP contribution in [0.4, 0.5) is 11.4 Å². The Morgan fingerprint density at radius 3 is 1.79 bits per heavy atom. The van der Waals surface area contributed by atoms with E-state index in [1.54, 1.807) is 9.80 Å². The van der Waals surface area contributed by atoms with Gasteiger partial charge < -0.3 is 9.80 Å². The molecule has 0 radical (unpaired) electrons. The minimum Gasteiger partial charge on any atom is -0.308 e. The molecule has 2 aliphatic heterocycles. The van der Waals surface area contributed by atoms with E-state index in [1.807, 2.05) is 62.4 Å². The fourth-order valence-electron chi connectivity index (χ4n) is 5.39. The van der Waals surface area contributed by atoms with Gasteiger partial charge in [-0.3, -0.25) is 9.59 Å². The molecule has 2 atom stereocenters. The summed E-state index contributed by atoms with van der Waals surface area (Å²) in [6.45, 7) is 2.77. The van der Waals surface area contributed by atoms with E-state index < -0.39 is 34.9 Å². The first-order valence-corrected chi connectivity index (χ1v) is 14.5. The van der Waals surface area contributed by atoms with Gasteiger partial charge in [-0.05, 0) is 68.1 Å². The highest BCUT2D eigenvalue weighted by molar-refractivity contribution is 7.89. The molecule has 2 amide bonds. The van der Waals surface area contributed by atoms with Crippen molar-refractivity contribution in [3.05, 3.63) is 87.9 Å². The fraction of sp³-hybridized carbons (Fsp3) is 0.286. The first-order valence-electron chi connectivity index (χ1n) is 12.3. The summed E-state index contributed by atoms with van der Waals surface area (Å²) < 4.78 is 28.7. The number of nitrogens with zero attached hydrogens (tertiary/aromatic N) is 3. The number of rotatable bonds is 6. The molecule has 198 valence electrons. The largest absolute Gasteiger partial charge is 0.308 e. The number of para-hydroxylation sites is 2. The van der Waals surface area contributed by atoms with E-state index in [2.05, 4.69) is 0 Å². The van der Waals surface area contributed by atoms with Gasteiger partial charge in [-0.2, -0.15) is 4.31 Å². The van der Waals surface area contributed by atoms with Crippen LogP contribution in [0.3, 0.4) is 0 Å². The molecule has 0 spiro atoms. The van der Waals surface area contributed by atoms with Gasteiger partial charge in [0.15, 0.2) is 0 Å². The number of hydrogen-bond acceptors (Lipinski definition) is 4. The molecule has 0 aliphatic carbocycles. The van der Waals surface area contributed by atoms with Crippen LogP contribution in [0, 0.1) is 0 Å². The molecule has 3 aromatic rings. The maximum Gasteiger partial charge on any atom is 0.245 e. The van der Waals surface area contributed by atoms with Crippen LogP contribution >= 0.6 is 23.2 Å². The van der Waals surface area contributed by atoms with Gasteiger partial charge in [-0.25, -0.2) is 8.42 Å². The number of amides is 2. The quantitative estimate of drug-likeness (QED) is 0.420. The third-order valence-electron chi connectivity index (χ3n) is 7.09. The Bertz CT molecular complexity index is 1450. The lowest BCUT2D eigenvalue weighted by atomic mass is 10.1. The lowest BCUT2D eigenvalue weighted by molar-refractivity contribution is -0.121. The number of fused-ring (bicyclic) bond motifs is 2. The van der Waals surface area contributed by atoms with Gasteiger partial charge in [0.25, 0.3) is 0 Å². The summed E-state index contributed by atoms with van der Waals surface area (Å²) in [7, 11) is -4.37. The van der Waals surface area contributed by atoms with Crippen LogP contribution in [0.2, 0.25) is 10.0 Å². The first kappa shape index (κ1) is 26.7. The van der Waals surface area contributed by atoms with Gasteiger partial charge >= 0.3 is 0 Å². The van der Waals surface area contributed by atoms with Crippen molar-refractivity contribution in [3.8, 4) is 0 Å². The maximum absolute atomic E-state index is 13.9. The number of sulfonamides is 1. The molecular weight excluding hydrogens is 545 g/mol. The summed E-state index contributed by atoms with van der Waals surface area (Å²) in [5.41, 5.74) is 3.52. The summed E-state index contributed by atoms with van der Waals surface area (Å²) in [5, 5.41) is 0.133. The highest BCUT2D eigenvalue weighted by atomic mass is 35.5. The molecule has 0 bridgehead atoms. The van der Waals surface area contributed by atoms with Crippen molar-refractivity contribution in [1.29, 1.82) is 0 Å². The zero-order chi connectivity index (χ0) is 27.2. The van der Waals surface area contributed by atoms with Gasteiger partial charge in [-0.15, -0.1) is 0 Å². The van der Waals surface area contributed by atoms with Gasteiger partial charge in [0.05, 0.1) is 18.1 Å². The van der Waals surface area contributed by atoms with Crippen LogP contribution in [-0.2, 0) is 32.5 Å². The highest BCUT2D eigenvalue weighted by Gasteiger charge is 2.38. The number of benzene rings is 3. The minimum atomic E-state index is -4.37. The van der Waals surface area contributed by atoms with Gasteiger partial charge in [0, 0.05) is 28.5 Å². The van der Waals surface area contributed by atoms with Crippen molar-refractivity contribution in [2.24, 2.45) is 0 Å². The third-order valence-corrected chi connectivity index (χ3v) is 9.59. The first-order chi connectivity index (χ1) is 18.1. The summed E-state index contributed by atoms with van der Waals surface area (Å²) in [4.78, 5) is 30.3. The number of anilines is 2. The number of carbonyl (C=O) groups excluding carboxylic acids is 2. The van der Waals surface area contributed by atoms with Gasteiger partial charge in [0.2, 0.25) is 21.8 Å². The molecule has 2 heterocycles. The van der Waals surface area contributed by atoms with Crippen molar-refractivity contribution in [2.45, 2.75) is 43.7 Å². The molecule has 0 fully saturated rings. The van der Waals surface area contributed by atoms with Gasteiger partial charge in [-0.1, -0.05) is 59.6 Å². The van der Waals surface area contributed by atoms with Crippen LogP contribution in [0.15, 0.2) is 71.6 Å². The van der Waals surface area contributed by atoms with E-state index in [0.29, 0.717) is 12.8 Å². The molecule has 5 rings (SSSR count). The van der Waals surface area contributed by atoms with Crippen LogP contribution < -0.4 is 9.80 Å². The Morgan fingerprint density at radius 2 is 1.29 bits per heavy atom. The zero-order valence-electron chi connectivity index (χ0n) is 21.0. The maximum atomic E-state index is 13.9. The molecule has 0 aromatic heterocycles. The average Bonchev–Trinajstić information content (AvgIpc) is 3.39. The molecule has 0 saturated carbocycles. The molecule has 3 aromatic carbocycles. The molecule has 10 heteroatoms. The van der Waals surface area contributed by atoms with Crippen molar-refractivity contribution in [3.63, 3.8) is 0 Å². The van der Waals surface area contributed by atoms with Crippen LogP contribution in [-0.4, -0.2) is 49.7 Å². The van der Waals surface area contributed by atoms with E-state index in [4.69, 9.17) is 23.2 Å². The van der Waals surface area contributed by atoms with Gasteiger partial charge in [0.1, 0.15) is 4.90 Å². The van der Waals surface area contributed by atoms with Crippen molar-refractivity contribution < 1.29 is 18.0 Å². The topological polar surface area (TPSA) is 78.0 Å². The van der Waals surface area contributed by atoms with Crippen LogP contribution in [0.25, 0.3) is 0 Å². The van der Waals surface area contributed by atoms with E-state index in [9.17, 15) is 18.0 Å². The van der Waals surface area contributed by atoms with Crippen LogP contribution in [0.1, 0.15) is 25.0 Å². The predicted molar refractivity (Wildman–Crippen MR) is 149 cm³/mol.